The topological polar surface area (TPSA) is 68.4 Å². The number of aromatic nitrogens is 1. The first-order valence-corrected chi connectivity index (χ1v) is 7.59. The molecule has 1 fully saturated rings. The van der Waals surface area contributed by atoms with E-state index in [0.717, 1.165) is 42.3 Å². The van der Waals surface area contributed by atoms with Crippen molar-refractivity contribution in [1.29, 1.82) is 0 Å². The number of nitrogens with zero attached hydrogens (tertiary/aromatic N) is 1. The van der Waals surface area contributed by atoms with Crippen LogP contribution >= 0.6 is 0 Å². The summed E-state index contributed by atoms with van der Waals surface area (Å²) < 4.78 is 5.94. The molecule has 0 aliphatic heterocycles. The molecule has 2 aromatic rings. The largest absolute Gasteiger partial charge is 0.493 e. The number of pyridine rings is 1. The van der Waals surface area contributed by atoms with Crippen molar-refractivity contribution < 1.29 is 9.84 Å². The average Bonchev–Trinajstić information content (AvgIpc) is 2.89. The molecule has 4 nitrogen and oxygen atoms in total. The molecule has 3 N–H and O–H groups in total. The fraction of sp³-hybridized carbons (Fsp3) is 0.471. The third-order valence-electron chi connectivity index (χ3n) is 4.63. The van der Waals surface area contributed by atoms with Crippen LogP contribution in [0.25, 0.3) is 10.9 Å². The van der Waals surface area contributed by atoms with Gasteiger partial charge in [-0.1, -0.05) is 12.5 Å². The monoisotopic (exact) mass is 286 g/mol. The molecule has 112 valence electrons. The van der Waals surface area contributed by atoms with Crippen molar-refractivity contribution in [3.8, 4) is 5.75 Å². The molecular weight excluding hydrogens is 264 g/mol. The molecule has 1 aliphatic carbocycles. The number of hydrogen-bond donors (Lipinski definition) is 2. The minimum absolute atomic E-state index is 0.0653. The third kappa shape index (κ3) is 2.87. The number of aliphatic hydroxyl groups is 1. The van der Waals surface area contributed by atoms with Crippen molar-refractivity contribution in [2.24, 2.45) is 11.7 Å². The summed E-state index contributed by atoms with van der Waals surface area (Å²) in [4.78, 5) is 4.33. The Bertz CT molecular complexity index is 611. The van der Waals surface area contributed by atoms with Gasteiger partial charge in [-0.2, -0.15) is 0 Å². The lowest BCUT2D eigenvalue weighted by Gasteiger charge is -2.29. The van der Waals surface area contributed by atoms with Crippen LogP contribution < -0.4 is 10.5 Å². The lowest BCUT2D eigenvalue weighted by Crippen LogP contribution is -2.47. The van der Waals surface area contributed by atoms with Crippen molar-refractivity contribution in [2.75, 3.05) is 13.2 Å². The molecule has 3 rings (SSSR count). The molecular formula is C17H22N2O2. The van der Waals surface area contributed by atoms with Gasteiger partial charge in [-0.15, -0.1) is 0 Å². The molecule has 0 radical (unpaired) electrons. The molecule has 0 amide bonds. The summed E-state index contributed by atoms with van der Waals surface area (Å²) >= 11 is 0. The zero-order chi connectivity index (χ0) is 14.7. The van der Waals surface area contributed by atoms with E-state index in [-0.39, 0.29) is 6.61 Å². The first-order chi connectivity index (χ1) is 10.2. The Morgan fingerprint density at radius 1 is 1.33 bits per heavy atom. The van der Waals surface area contributed by atoms with Crippen LogP contribution in [0.15, 0.2) is 36.5 Å². The van der Waals surface area contributed by atoms with E-state index in [2.05, 4.69) is 4.98 Å². The van der Waals surface area contributed by atoms with Gasteiger partial charge in [0.2, 0.25) is 0 Å². The Labute approximate surface area is 124 Å². The predicted molar refractivity (Wildman–Crippen MR) is 83.2 cm³/mol. The van der Waals surface area contributed by atoms with E-state index in [9.17, 15) is 5.11 Å². The summed E-state index contributed by atoms with van der Waals surface area (Å²) in [5, 5.41) is 10.5. The van der Waals surface area contributed by atoms with Gasteiger partial charge in [-0.05, 0) is 49.4 Å². The van der Waals surface area contributed by atoms with Crippen LogP contribution in [0.5, 0.6) is 5.75 Å². The smallest absolute Gasteiger partial charge is 0.128 e. The summed E-state index contributed by atoms with van der Waals surface area (Å²) in [6.07, 6.45) is 5.76. The maximum absolute atomic E-state index is 9.48. The second-order valence-electron chi connectivity index (χ2n) is 5.94. The zero-order valence-electron chi connectivity index (χ0n) is 12.2. The molecule has 1 aromatic heterocycles. The lowest BCUT2D eigenvalue weighted by molar-refractivity contribution is 0.143. The van der Waals surface area contributed by atoms with Gasteiger partial charge in [0.05, 0.1) is 18.7 Å². The van der Waals surface area contributed by atoms with E-state index < -0.39 is 5.54 Å². The maximum Gasteiger partial charge on any atom is 0.128 e. The molecule has 1 saturated carbocycles. The van der Waals surface area contributed by atoms with Crippen molar-refractivity contribution >= 4 is 10.9 Å². The number of hydrogen-bond acceptors (Lipinski definition) is 4. The van der Waals surface area contributed by atoms with Crippen molar-refractivity contribution in [3.05, 3.63) is 36.5 Å². The first-order valence-electron chi connectivity index (χ1n) is 7.59. The molecule has 0 saturated heterocycles. The zero-order valence-corrected chi connectivity index (χ0v) is 12.2. The van der Waals surface area contributed by atoms with Gasteiger partial charge in [-0.25, -0.2) is 0 Å². The van der Waals surface area contributed by atoms with Crippen LogP contribution in [0.4, 0.5) is 0 Å². The standard InChI is InChI=1S/C17H22N2O2/c18-17(12-20)9-2-4-13(17)8-11-21-16-7-1-6-15-14(16)5-3-10-19-15/h1,3,5-7,10,13,20H,2,4,8-9,11-12,18H2. The lowest BCUT2D eigenvalue weighted by atomic mass is 9.87. The van der Waals surface area contributed by atoms with E-state index in [1.165, 1.54) is 0 Å². The fourth-order valence-corrected chi connectivity index (χ4v) is 3.32. The van der Waals surface area contributed by atoms with Crippen LogP contribution in [0, 0.1) is 5.92 Å². The van der Waals surface area contributed by atoms with Gasteiger partial charge in [0.1, 0.15) is 5.75 Å². The molecule has 0 bridgehead atoms. The first kappa shape index (κ1) is 14.3. The second kappa shape index (κ2) is 6.00. The Morgan fingerprint density at radius 3 is 3.10 bits per heavy atom. The van der Waals surface area contributed by atoms with Gasteiger partial charge in [0.25, 0.3) is 0 Å². The Morgan fingerprint density at radius 2 is 2.24 bits per heavy atom. The minimum atomic E-state index is -0.413. The molecule has 1 heterocycles. The summed E-state index contributed by atoms with van der Waals surface area (Å²) in [6, 6.07) is 9.86. The van der Waals surface area contributed by atoms with Crippen molar-refractivity contribution in [3.63, 3.8) is 0 Å². The van der Waals surface area contributed by atoms with Crippen LogP contribution in [0.1, 0.15) is 25.7 Å². The van der Waals surface area contributed by atoms with Crippen LogP contribution in [0.3, 0.4) is 0 Å². The molecule has 4 heteroatoms. The van der Waals surface area contributed by atoms with E-state index >= 15 is 0 Å². The number of nitrogens with two attached hydrogens (primary N) is 1. The highest BCUT2D eigenvalue weighted by atomic mass is 16.5. The number of fused-ring (bicyclic) bond motifs is 1. The van der Waals surface area contributed by atoms with E-state index in [1.807, 2.05) is 30.3 Å². The van der Waals surface area contributed by atoms with Crippen molar-refractivity contribution in [2.45, 2.75) is 31.2 Å². The maximum atomic E-state index is 9.48. The highest BCUT2D eigenvalue weighted by Gasteiger charge is 2.38. The minimum Gasteiger partial charge on any atom is -0.493 e. The summed E-state index contributed by atoms with van der Waals surface area (Å²) in [5.74, 6) is 1.21. The SMILES string of the molecule is NC1(CO)CCCC1CCOc1cccc2ncccc12. The normalized spacial score (nSPS) is 25.3. The quantitative estimate of drug-likeness (QED) is 0.886. The van der Waals surface area contributed by atoms with Crippen LogP contribution in [0.2, 0.25) is 0 Å². The summed E-state index contributed by atoms with van der Waals surface area (Å²) in [5.41, 5.74) is 6.79. The molecule has 1 aromatic carbocycles. The number of benzene rings is 1. The summed E-state index contributed by atoms with van der Waals surface area (Å²) in [6.45, 7) is 0.688. The van der Waals surface area contributed by atoms with E-state index in [1.54, 1.807) is 6.20 Å². The van der Waals surface area contributed by atoms with E-state index in [4.69, 9.17) is 10.5 Å². The Kier molecular flexibility index (Phi) is 4.08. The van der Waals surface area contributed by atoms with Gasteiger partial charge < -0.3 is 15.6 Å². The predicted octanol–water partition coefficient (Wildman–Crippen LogP) is 2.49. The van der Waals surface area contributed by atoms with Gasteiger partial charge in [0.15, 0.2) is 0 Å². The number of aliphatic hydroxyl groups excluding tert-OH is 1. The fourth-order valence-electron chi connectivity index (χ4n) is 3.32. The van der Waals surface area contributed by atoms with Gasteiger partial charge in [-0.3, -0.25) is 4.98 Å². The van der Waals surface area contributed by atoms with Crippen LogP contribution in [-0.4, -0.2) is 28.8 Å². The average molecular weight is 286 g/mol. The van der Waals surface area contributed by atoms with E-state index in [0.29, 0.717) is 12.5 Å². The summed E-state index contributed by atoms with van der Waals surface area (Å²) in [7, 11) is 0. The molecule has 2 atom stereocenters. The highest BCUT2D eigenvalue weighted by Crippen LogP contribution is 2.36. The Hall–Kier alpha value is -1.65. The van der Waals surface area contributed by atoms with Crippen LogP contribution in [-0.2, 0) is 0 Å². The number of ether oxygens (including phenoxy) is 1. The molecule has 2 unspecified atom stereocenters. The van der Waals surface area contributed by atoms with Gasteiger partial charge in [0, 0.05) is 17.1 Å². The van der Waals surface area contributed by atoms with Crippen molar-refractivity contribution in [1.82, 2.24) is 4.98 Å². The molecule has 0 spiro atoms. The third-order valence-corrected chi connectivity index (χ3v) is 4.63. The number of rotatable bonds is 5. The van der Waals surface area contributed by atoms with Gasteiger partial charge >= 0.3 is 0 Å². The Balaban J connectivity index is 1.65. The molecule has 21 heavy (non-hydrogen) atoms. The highest BCUT2D eigenvalue weighted by molar-refractivity contribution is 5.84. The molecule has 1 aliphatic rings. The second-order valence-corrected chi connectivity index (χ2v) is 5.94.